The van der Waals surface area contributed by atoms with Gasteiger partial charge in [-0.05, 0) is 44.5 Å². The Labute approximate surface area is 169 Å². The van der Waals surface area contributed by atoms with Crippen LogP contribution >= 0.6 is 0 Å². The van der Waals surface area contributed by atoms with Gasteiger partial charge in [-0.3, -0.25) is 4.79 Å². The summed E-state index contributed by atoms with van der Waals surface area (Å²) in [5, 5.41) is 5.87. The lowest BCUT2D eigenvalue weighted by molar-refractivity contribution is 0.0527. The van der Waals surface area contributed by atoms with Crippen molar-refractivity contribution in [2.45, 2.75) is 20.8 Å². The second kappa shape index (κ2) is 8.97. The van der Waals surface area contributed by atoms with E-state index in [4.69, 9.17) is 4.74 Å². The summed E-state index contributed by atoms with van der Waals surface area (Å²) in [5.41, 5.74) is 3.96. The summed E-state index contributed by atoms with van der Waals surface area (Å²) in [5.74, 6) is -0.435. The smallest absolute Gasteiger partial charge is 0.340 e. The van der Waals surface area contributed by atoms with E-state index in [2.05, 4.69) is 26.7 Å². The van der Waals surface area contributed by atoms with E-state index in [-0.39, 0.29) is 17.9 Å². The van der Waals surface area contributed by atoms with Gasteiger partial charge >= 0.3 is 5.97 Å². The van der Waals surface area contributed by atoms with Crippen molar-refractivity contribution in [3.63, 3.8) is 0 Å². The lowest BCUT2D eigenvalue weighted by atomic mass is 10.1. The molecule has 3 rings (SSSR count). The first-order chi connectivity index (χ1) is 14.0. The molecule has 148 valence electrons. The van der Waals surface area contributed by atoms with E-state index >= 15 is 0 Å². The first-order valence-corrected chi connectivity index (χ1v) is 9.21. The highest BCUT2D eigenvalue weighted by molar-refractivity contribution is 6.07. The van der Waals surface area contributed by atoms with E-state index in [1.165, 1.54) is 18.0 Å². The molecular formula is C22H22N4O3. The summed E-state index contributed by atoms with van der Waals surface area (Å²) in [6.07, 6.45) is 2.87. The second-order valence-electron chi connectivity index (χ2n) is 6.45. The largest absolute Gasteiger partial charge is 0.462 e. The van der Waals surface area contributed by atoms with Crippen LogP contribution in [0.25, 0.3) is 0 Å². The number of anilines is 3. The van der Waals surface area contributed by atoms with Crippen molar-refractivity contribution in [2.24, 2.45) is 0 Å². The highest BCUT2D eigenvalue weighted by Crippen LogP contribution is 2.20. The van der Waals surface area contributed by atoms with Crippen LogP contribution in [0, 0.1) is 13.8 Å². The van der Waals surface area contributed by atoms with Crippen LogP contribution in [0.4, 0.5) is 17.2 Å². The maximum Gasteiger partial charge on any atom is 0.340 e. The number of benzene rings is 2. The van der Waals surface area contributed by atoms with E-state index in [1.54, 1.807) is 31.2 Å². The fourth-order valence-electron chi connectivity index (χ4n) is 2.77. The molecule has 0 radical (unpaired) electrons. The Bertz CT molecular complexity index is 1030. The van der Waals surface area contributed by atoms with Crippen molar-refractivity contribution in [1.29, 1.82) is 0 Å². The molecule has 0 bridgehead atoms. The van der Waals surface area contributed by atoms with Gasteiger partial charge in [-0.1, -0.05) is 29.8 Å². The topological polar surface area (TPSA) is 93.2 Å². The van der Waals surface area contributed by atoms with E-state index < -0.39 is 11.9 Å². The number of amides is 1. The van der Waals surface area contributed by atoms with Crippen molar-refractivity contribution in [3.05, 3.63) is 77.2 Å². The third-order valence-electron chi connectivity index (χ3n) is 4.20. The van der Waals surface area contributed by atoms with Gasteiger partial charge in [-0.15, -0.1) is 0 Å². The van der Waals surface area contributed by atoms with Crippen LogP contribution in [0.1, 0.15) is 38.9 Å². The Hall–Kier alpha value is -3.74. The van der Waals surface area contributed by atoms with Gasteiger partial charge in [0.25, 0.3) is 5.91 Å². The number of rotatable bonds is 6. The fourth-order valence-corrected chi connectivity index (χ4v) is 2.77. The minimum Gasteiger partial charge on any atom is -0.462 e. The van der Waals surface area contributed by atoms with Gasteiger partial charge in [-0.2, -0.15) is 0 Å². The zero-order valence-corrected chi connectivity index (χ0v) is 16.5. The molecule has 0 fully saturated rings. The highest BCUT2D eigenvalue weighted by atomic mass is 16.5. The third kappa shape index (κ3) is 4.95. The fraction of sp³-hybridized carbons (Fsp3) is 0.182. The quantitative estimate of drug-likeness (QED) is 0.611. The lowest BCUT2D eigenvalue weighted by Gasteiger charge is -2.11. The number of aryl methyl sites for hydroxylation is 2. The van der Waals surface area contributed by atoms with Gasteiger partial charge in [0.15, 0.2) is 0 Å². The molecule has 0 saturated heterocycles. The number of carbonyl (C=O) groups excluding carboxylic acids is 2. The van der Waals surface area contributed by atoms with Gasteiger partial charge < -0.3 is 15.4 Å². The molecule has 3 aromatic rings. The maximum absolute atomic E-state index is 12.5. The van der Waals surface area contributed by atoms with Crippen LogP contribution < -0.4 is 10.6 Å². The molecule has 2 N–H and O–H groups in total. The molecule has 0 spiro atoms. The molecule has 1 aromatic heterocycles. The Morgan fingerprint density at radius 3 is 2.48 bits per heavy atom. The summed E-state index contributed by atoms with van der Waals surface area (Å²) in [7, 11) is 0. The Balaban J connectivity index is 1.72. The number of ether oxygens (including phenoxy) is 1. The normalized spacial score (nSPS) is 10.3. The number of hydrogen-bond acceptors (Lipinski definition) is 6. The van der Waals surface area contributed by atoms with Crippen molar-refractivity contribution in [1.82, 2.24) is 9.97 Å². The Morgan fingerprint density at radius 1 is 1.00 bits per heavy atom. The van der Waals surface area contributed by atoms with Crippen molar-refractivity contribution in [3.8, 4) is 0 Å². The van der Waals surface area contributed by atoms with E-state index in [9.17, 15) is 9.59 Å². The first-order valence-electron chi connectivity index (χ1n) is 9.21. The molecule has 0 saturated carbocycles. The molecule has 0 unspecified atom stereocenters. The van der Waals surface area contributed by atoms with Gasteiger partial charge in [0.2, 0.25) is 0 Å². The van der Waals surface area contributed by atoms with Crippen LogP contribution in [0.5, 0.6) is 0 Å². The monoisotopic (exact) mass is 390 g/mol. The second-order valence-corrected chi connectivity index (χ2v) is 6.45. The number of para-hydroxylation sites is 1. The predicted molar refractivity (Wildman–Crippen MR) is 112 cm³/mol. The molecule has 29 heavy (non-hydrogen) atoms. The van der Waals surface area contributed by atoms with Gasteiger partial charge in [0.05, 0.1) is 30.3 Å². The van der Waals surface area contributed by atoms with Crippen LogP contribution in [0.3, 0.4) is 0 Å². The summed E-state index contributed by atoms with van der Waals surface area (Å²) >= 11 is 0. The molecule has 0 aliphatic carbocycles. The maximum atomic E-state index is 12.5. The molecular weight excluding hydrogens is 368 g/mol. The number of esters is 1. The van der Waals surface area contributed by atoms with E-state index in [0.29, 0.717) is 11.5 Å². The van der Waals surface area contributed by atoms with Crippen molar-refractivity contribution < 1.29 is 14.3 Å². The van der Waals surface area contributed by atoms with Crippen LogP contribution in [0.2, 0.25) is 0 Å². The zero-order valence-electron chi connectivity index (χ0n) is 16.5. The van der Waals surface area contributed by atoms with Gasteiger partial charge in [0, 0.05) is 5.69 Å². The highest BCUT2D eigenvalue weighted by Gasteiger charge is 2.16. The number of carbonyl (C=O) groups is 2. The minimum atomic E-state index is -0.498. The van der Waals surface area contributed by atoms with Gasteiger partial charge in [-0.25, -0.2) is 14.8 Å². The van der Waals surface area contributed by atoms with Crippen molar-refractivity contribution >= 4 is 29.1 Å². The van der Waals surface area contributed by atoms with Crippen molar-refractivity contribution in [2.75, 3.05) is 17.2 Å². The minimum absolute atomic E-state index is 0.134. The van der Waals surface area contributed by atoms with Crippen LogP contribution in [-0.4, -0.2) is 28.5 Å². The standard InChI is InChI=1S/C22H22N4O3/c1-4-29-22(28)16-7-5-6-8-18(16)26-21(27)19-12-24-20(13-23-19)25-17-10-9-14(2)11-15(17)3/h5-13H,4H2,1-3H3,(H,24,25)(H,26,27). The summed E-state index contributed by atoms with van der Waals surface area (Å²) in [6, 6.07) is 12.7. The average molecular weight is 390 g/mol. The third-order valence-corrected chi connectivity index (χ3v) is 4.20. The summed E-state index contributed by atoms with van der Waals surface area (Å²) in [4.78, 5) is 33.0. The molecule has 7 heteroatoms. The molecule has 1 heterocycles. The average Bonchev–Trinajstić information content (AvgIpc) is 2.71. The predicted octanol–water partition coefficient (Wildman–Crippen LogP) is 4.27. The van der Waals surface area contributed by atoms with Gasteiger partial charge in [0.1, 0.15) is 11.5 Å². The Kier molecular flexibility index (Phi) is 6.19. The summed E-state index contributed by atoms with van der Waals surface area (Å²) in [6.45, 7) is 6.01. The zero-order chi connectivity index (χ0) is 20.8. The Morgan fingerprint density at radius 2 is 1.79 bits per heavy atom. The van der Waals surface area contributed by atoms with Crippen LogP contribution in [0.15, 0.2) is 54.9 Å². The lowest BCUT2D eigenvalue weighted by Crippen LogP contribution is -2.17. The molecule has 0 atom stereocenters. The summed E-state index contributed by atoms with van der Waals surface area (Å²) < 4.78 is 5.02. The number of nitrogens with zero attached hydrogens (tertiary/aromatic N) is 2. The molecule has 0 aliphatic heterocycles. The van der Waals surface area contributed by atoms with E-state index in [1.807, 2.05) is 26.0 Å². The first kappa shape index (κ1) is 20.0. The molecule has 7 nitrogen and oxygen atoms in total. The molecule has 1 amide bonds. The number of hydrogen-bond donors (Lipinski definition) is 2. The molecule has 2 aromatic carbocycles. The number of aromatic nitrogens is 2. The van der Waals surface area contributed by atoms with E-state index in [0.717, 1.165) is 11.3 Å². The SMILES string of the molecule is CCOC(=O)c1ccccc1NC(=O)c1cnc(Nc2ccc(C)cc2C)cn1. The number of nitrogens with one attached hydrogen (secondary N) is 2. The van der Waals surface area contributed by atoms with Crippen LogP contribution in [-0.2, 0) is 4.74 Å². The molecule has 0 aliphatic rings.